The highest BCUT2D eigenvalue weighted by Gasteiger charge is 2.75. The lowest BCUT2D eigenvalue weighted by Gasteiger charge is -2.69. The lowest BCUT2D eigenvalue weighted by molar-refractivity contribution is -0.872. The number of rotatable bonds is 2. The third-order valence-electron chi connectivity index (χ3n) is 8.83. The number of ether oxygens (including phenoxy) is 1. The molecule has 0 aromatic rings. The minimum Gasteiger partial charge on any atom is -0.613 e. The topological polar surface area (TPSA) is 76.1 Å². The molecule has 0 spiro atoms. The zero-order valence-electron chi connectivity index (χ0n) is 15.5. The van der Waals surface area contributed by atoms with Gasteiger partial charge in [-0.25, -0.2) is 0 Å². The molecule has 0 aromatic carbocycles. The summed E-state index contributed by atoms with van der Waals surface area (Å²) < 4.78 is 11.5. The summed E-state index contributed by atoms with van der Waals surface area (Å²) in [6.45, 7) is 6.92. The summed E-state index contributed by atoms with van der Waals surface area (Å²) in [4.78, 5) is 24.9. The fourth-order valence-electron chi connectivity index (χ4n) is 7.10. The molecule has 25 heavy (non-hydrogen) atoms. The molecule has 3 aliphatic heterocycles. The Morgan fingerprint density at radius 2 is 1.92 bits per heavy atom. The smallest absolute Gasteiger partial charge is 0.556 e. The number of quaternary nitrogens is 1. The molecule has 6 rings (SSSR count). The van der Waals surface area contributed by atoms with Crippen molar-refractivity contribution in [2.45, 2.75) is 58.7 Å². The molecule has 4 bridgehead atoms. The first-order chi connectivity index (χ1) is 11.6. The monoisotopic (exact) mass is 349 g/mol. The highest BCUT2D eigenvalue weighted by Crippen LogP contribution is 2.64. The van der Waals surface area contributed by atoms with E-state index in [4.69, 9.17) is 9.39 Å². The molecule has 3 saturated heterocycles. The molecule has 3 aliphatic carbocycles. The van der Waals surface area contributed by atoms with Gasteiger partial charge in [-0.05, 0) is 37.0 Å². The van der Waals surface area contributed by atoms with Crippen molar-refractivity contribution < 1.29 is 28.4 Å². The number of fused-ring (bicyclic) bond motifs is 5. The second-order valence-corrected chi connectivity index (χ2v) is 9.99. The van der Waals surface area contributed by atoms with Crippen LogP contribution in [-0.2, 0) is 19.0 Å². The van der Waals surface area contributed by atoms with E-state index in [9.17, 15) is 14.6 Å². The molecule has 0 radical (unpaired) electrons. The van der Waals surface area contributed by atoms with Gasteiger partial charge in [0, 0.05) is 5.92 Å². The maximum atomic E-state index is 12.6. The van der Waals surface area contributed by atoms with Crippen LogP contribution in [0.4, 0.5) is 0 Å². The number of ketones is 1. The zero-order chi connectivity index (χ0) is 17.9. The minimum absolute atomic E-state index is 0.0678. The highest BCUT2D eigenvalue weighted by molar-refractivity contribution is 6.64. The van der Waals surface area contributed by atoms with E-state index in [1.54, 1.807) is 0 Å². The van der Waals surface area contributed by atoms with Crippen LogP contribution in [0.1, 0.15) is 40.5 Å². The molecule has 7 heteroatoms. The predicted molar refractivity (Wildman–Crippen MR) is 89.8 cm³/mol. The molecule has 0 amide bonds. The third kappa shape index (κ3) is 1.73. The Bertz CT molecular complexity index is 682. The second-order valence-electron chi connectivity index (χ2n) is 9.99. The number of hydrogen-bond acceptors (Lipinski definition) is 5. The Morgan fingerprint density at radius 3 is 2.48 bits per heavy atom. The van der Waals surface area contributed by atoms with Crippen molar-refractivity contribution in [3.63, 3.8) is 0 Å². The average Bonchev–Trinajstić information content (AvgIpc) is 3.17. The number of Topliss-reactive ketones (excluding diaryl/α,β-unsaturated/α-hetero) is 1. The van der Waals surface area contributed by atoms with Crippen molar-refractivity contribution in [3.8, 4) is 0 Å². The predicted octanol–water partition coefficient (Wildman–Crippen LogP) is 0.887. The van der Waals surface area contributed by atoms with E-state index in [1.165, 1.54) is 6.42 Å². The normalized spacial score (nSPS) is 58.5. The SMILES string of the molecule is C[C@@H]1C2C[C@@H](CC1[N@+]13CC(=O)C(C1)C(=O)O[B-]3(O)C1O[C@H]1C)C2(C)C. The van der Waals surface area contributed by atoms with Crippen molar-refractivity contribution in [1.82, 2.24) is 0 Å². The molecule has 6 fully saturated rings. The van der Waals surface area contributed by atoms with Crippen LogP contribution in [0.25, 0.3) is 0 Å². The van der Waals surface area contributed by atoms with Gasteiger partial charge in [-0.3, -0.25) is 9.59 Å². The maximum absolute atomic E-state index is 12.6. The van der Waals surface area contributed by atoms with Crippen molar-refractivity contribution in [1.29, 1.82) is 0 Å². The Balaban J connectivity index is 1.58. The van der Waals surface area contributed by atoms with Crippen LogP contribution in [-0.4, -0.2) is 59.1 Å². The summed E-state index contributed by atoms with van der Waals surface area (Å²) in [5, 5.41) is 11.6. The van der Waals surface area contributed by atoms with E-state index in [1.807, 2.05) is 6.92 Å². The molecule has 9 atom stereocenters. The van der Waals surface area contributed by atoms with E-state index in [2.05, 4.69) is 20.8 Å². The second kappa shape index (κ2) is 4.49. The van der Waals surface area contributed by atoms with Gasteiger partial charge < -0.3 is 18.8 Å². The van der Waals surface area contributed by atoms with Gasteiger partial charge >= 0.3 is 6.69 Å². The first kappa shape index (κ1) is 16.3. The van der Waals surface area contributed by atoms with Crippen LogP contribution in [0.3, 0.4) is 0 Å². The van der Waals surface area contributed by atoms with Gasteiger partial charge in [-0.2, -0.15) is 0 Å². The van der Waals surface area contributed by atoms with Crippen molar-refractivity contribution in [3.05, 3.63) is 0 Å². The van der Waals surface area contributed by atoms with Gasteiger partial charge in [-0.1, -0.05) is 20.8 Å². The van der Waals surface area contributed by atoms with E-state index in [0.29, 0.717) is 29.7 Å². The number of carbonyl (C=O) groups is 2. The fraction of sp³-hybridized carbons (Fsp3) is 0.889. The molecule has 6 aliphatic rings. The highest BCUT2D eigenvalue weighted by atomic mass is 16.7. The maximum Gasteiger partial charge on any atom is 0.556 e. The van der Waals surface area contributed by atoms with Gasteiger partial charge in [0.05, 0.1) is 24.7 Å². The molecule has 1 N–H and O–H groups in total. The summed E-state index contributed by atoms with van der Waals surface area (Å²) in [7, 11) is 0. The van der Waals surface area contributed by atoms with Crippen molar-refractivity contribution in [2.75, 3.05) is 13.1 Å². The lowest BCUT2D eigenvalue weighted by atomic mass is 9.43. The van der Waals surface area contributed by atoms with E-state index in [-0.39, 0.29) is 28.9 Å². The van der Waals surface area contributed by atoms with Crippen LogP contribution in [0, 0.1) is 29.1 Å². The van der Waals surface area contributed by atoms with Crippen LogP contribution < -0.4 is 0 Å². The quantitative estimate of drug-likeness (QED) is 0.455. The van der Waals surface area contributed by atoms with Crippen LogP contribution in [0.2, 0.25) is 0 Å². The first-order valence-corrected chi connectivity index (χ1v) is 9.76. The van der Waals surface area contributed by atoms with Gasteiger partial charge in [0.25, 0.3) is 5.97 Å². The van der Waals surface area contributed by atoms with Crippen LogP contribution >= 0.6 is 0 Å². The molecule has 3 saturated carbocycles. The largest absolute Gasteiger partial charge is 0.613 e. The lowest BCUT2D eigenvalue weighted by Crippen LogP contribution is -2.81. The van der Waals surface area contributed by atoms with Crippen molar-refractivity contribution >= 4 is 18.4 Å². The zero-order valence-corrected chi connectivity index (χ0v) is 15.5. The first-order valence-electron chi connectivity index (χ1n) is 9.76. The van der Waals surface area contributed by atoms with Crippen LogP contribution in [0.15, 0.2) is 0 Å². The number of nitrogens with zero attached hydrogens (tertiary/aromatic N) is 1. The number of hydrogen-bond donors (Lipinski definition) is 1. The summed E-state index contributed by atoms with van der Waals surface area (Å²) >= 11 is 0. The van der Waals surface area contributed by atoms with Gasteiger partial charge in [0.1, 0.15) is 6.54 Å². The molecule has 0 aromatic heterocycles. The Labute approximate surface area is 148 Å². The van der Waals surface area contributed by atoms with E-state index < -0.39 is 24.6 Å². The number of carbonyl (C=O) groups excluding carboxylic acids is 2. The van der Waals surface area contributed by atoms with E-state index >= 15 is 0 Å². The number of epoxide rings is 1. The van der Waals surface area contributed by atoms with E-state index in [0.717, 1.165) is 6.42 Å². The summed E-state index contributed by atoms with van der Waals surface area (Å²) in [5.74, 6) is 0.307. The Kier molecular flexibility index (Phi) is 2.92. The molecule has 3 heterocycles. The third-order valence-corrected chi connectivity index (χ3v) is 8.83. The van der Waals surface area contributed by atoms with Gasteiger partial charge in [0.2, 0.25) is 5.78 Å². The molecule has 6 nitrogen and oxygen atoms in total. The van der Waals surface area contributed by atoms with Gasteiger partial charge in [0.15, 0.2) is 5.92 Å². The molecule has 5 unspecified atom stereocenters. The summed E-state index contributed by atoms with van der Waals surface area (Å²) in [5.41, 5.74) is 0.332. The van der Waals surface area contributed by atoms with Crippen molar-refractivity contribution in [2.24, 2.45) is 29.1 Å². The summed E-state index contributed by atoms with van der Waals surface area (Å²) in [6.07, 6.45) is 2.11. The standard InChI is InChI=1S/C18H28BNO5/c1-9-13-5-11(18(13,3)4)6-14(9)20-7-12(15(21)8-20)17(22)25-19(20,23)16-10(2)24-16/h9-14,16,23H,5-8H2,1-4H3/t9-,10+,11+,12?,13?,14?,16?,19?,20-/m1/s1. The molecular weight excluding hydrogens is 321 g/mol. The molecule has 138 valence electrons. The Morgan fingerprint density at radius 1 is 1.24 bits per heavy atom. The summed E-state index contributed by atoms with van der Waals surface area (Å²) in [6, 6.07) is -0.297. The molecular formula is C18H28BNO5. The van der Waals surface area contributed by atoms with Gasteiger partial charge in [-0.15, -0.1) is 0 Å². The Hall–Kier alpha value is -0.915. The fourth-order valence-corrected chi connectivity index (χ4v) is 7.10. The van der Waals surface area contributed by atoms with Crippen LogP contribution in [0.5, 0.6) is 0 Å². The average molecular weight is 349 g/mol. The minimum atomic E-state index is -2.54.